The summed E-state index contributed by atoms with van der Waals surface area (Å²) in [5.41, 5.74) is 0.556. The van der Waals surface area contributed by atoms with Crippen LogP contribution in [0.15, 0.2) is 18.6 Å². The van der Waals surface area contributed by atoms with E-state index >= 15 is 0 Å². The van der Waals surface area contributed by atoms with Crippen LogP contribution in [0.5, 0.6) is 0 Å². The number of carbonyl (C=O) groups excluding carboxylic acids is 2. The first-order valence-electron chi connectivity index (χ1n) is 4.13. The highest BCUT2D eigenvalue weighted by Crippen LogP contribution is 2.08. The number of aldehydes is 1. The number of esters is 1. The Hall–Kier alpha value is -2.24. The lowest BCUT2D eigenvalue weighted by molar-refractivity contribution is 0.0595. The summed E-state index contributed by atoms with van der Waals surface area (Å²) in [5.74, 6) is -0.616. The van der Waals surface area contributed by atoms with Gasteiger partial charge in [-0.3, -0.25) is 4.79 Å². The molecule has 0 bridgehead atoms. The van der Waals surface area contributed by atoms with E-state index in [0.717, 1.165) is 0 Å². The minimum atomic E-state index is -0.616. The summed E-state index contributed by atoms with van der Waals surface area (Å²) < 4.78 is 6.09. The zero-order chi connectivity index (χ0) is 10.8. The summed E-state index contributed by atoms with van der Waals surface area (Å²) in [6.45, 7) is 0. The van der Waals surface area contributed by atoms with Crippen LogP contribution in [0.1, 0.15) is 21.0 Å². The number of aromatic nitrogens is 3. The standard InChI is InChI=1S/C9H7N3O3/c1-15-9(14)7-8-10-2-3-12(8)4-6(5-13)11-7/h2-5H,1H3. The molecule has 0 spiro atoms. The molecule has 2 rings (SSSR count). The van der Waals surface area contributed by atoms with Crippen molar-refractivity contribution in [2.24, 2.45) is 0 Å². The Morgan fingerprint density at radius 2 is 2.40 bits per heavy atom. The Morgan fingerprint density at radius 3 is 3.07 bits per heavy atom. The Morgan fingerprint density at radius 1 is 1.60 bits per heavy atom. The fourth-order valence-electron chi connectivity index (χ4n) is 1.24. The van der Waals surface area contributed by atoms with Gasteiger partial charge in [0.1, 0.15) is 5.69 Å². The molecule has 2 aromatic rings. The van der Waals surface area contributed by atoms with Crippen LogP contribution in [-0.2, 0) is 4.74 Å². The second-order valence-electron chi connectivity index (χ2n) is 2.78. The number of methoxy groups -OCH3 is 1. The molecule has 0 aliphatic rings. The van der Waals surface area contributed by atoms with Crippen molar-refractivity contribution in [1.82, 2.24) is 14.4 Å². The molecule has 0 amide bonds. The van der Waals surface area contributed by atoms with Crippen LogP contribution in [0.2, 0.25) is 0 Å². The number of rotatable bonds is 2. The third kappa shape index (κ3) is 1.45. The molecule has 0 atom stereocenters. The lowest BCUT2D eigenvalue weighted by Crippen LogP contribution is -2.09. The Labute approximate surface area is 84.5 Å². The van der Waals surface area contributed by atoms with Crippen LogP contribution < -0.4 is 0 Å². The molecule has 76 valence electrons. The number of hydrogen-bond donors (Lipinski definition) is 0. The second kappa shape index (κ2) is 3.49. The van der Waals surface area contributed by atoms with Crippen LogP contribution in [0.3, 0.4) is 0 Å². The van der Waals surface area contributed by atoms with Gasteiger partial charge in [-0.15, -0.1) is 0 Å². The number of nitrogens with zero attached hydrogens (tertiary/aromatic N) is 3. The third-order valence-corrected chi connectivity index (χ3v) is 1.89. The summed E-state index contributed by atoms with van der Waals surface area (Å²) in [7, 11) is 1.25. The van der Waals surface area contributed by atoms with Crippen LogP contribution in [-0.4, -0.2) is 33.7 Å². The van der Waals surface area contributed by atoms with E-state index in [4.69, 9.17) is 0 Å². The SMILES string of the molecule is COC(=O)c1nc(C=O)cn2ccnc12. The van der Waals surface area contributed by atoms with Crippen molar-refractivity contribution in [3.8, 4) is 0 Å². The lowest BCUT2D eigenvalue weighted by Gasteiger charge is -2.01. The van der Waals surface area contributed by atoms with Gasteiger partial charge in [0.05, 0.1) is 7.11 Å². The molecule has 15 heavy (non-hydrogen) atoms. The first kappa shape index (κ1) is 9.32. The Balaban J connectivity index is 2.73. The molecule has 0 radical (unpaired) electrons. The summed E-state index contributed by atoms with van der Waals surface area (Å²) in [6, 6.07) is 0. The zero-order valence-corrected chi connectivity index (χ0v) is 7.88. The number of imidazole rings is 1. The number of fused-ring (bicyclic) bond motifs is 1. The summed E-state index contributed by atoms with van der Waals surface area (Å²) in [6.07, 6.45) is 5.18. The maximum atomic E-state index is 11.3. The molecule has 6 nitrogen and oxygen atoms in total. The van der Waals surface area contributed by atoms with E-state index in [1.54, 1.807) is 10.6 Å². The number of carbonyl (C=O) groups is 2. The number of ether oxygens (including phenoxy) is 1. The van der Waals surface area contributed by atoms with Crippen molar-refractivity contribution >= 4 is 17.9 Å². The van der Waals surface area contributed by atoms with E-state index in [9.17, 15) is 9.59 Å². The van der Waals surface area contributed by atoms with Crippen LogP contribution in [0.25, 0.3) is 5.65 Å². The van der Waals surface area contributed by atoms with Crippen molar-refractivity contribution in [1.29, 1.82) is 0 Å². The highest BCUT2D eigenvalue weighted by molar-refractivity contribution is 5.94. The van der Waals surface area contributed by atoms with E-state index in [1.807, 2.05) is 0 Å². The molecule has 0 saturated heterocycles. The molecular weight excluding hydrogens is 198 g/mol. The molecule has 0 fully saturated rings. The van der Waals surface area contributed by atoms with E-state index in [1.165, 1.54) is 19.5 Å². The molecule has 0 aromatic carbocycles. The maximum absolute atomic E-state index is 11.3. The van der Waals surface area contributed by atoms with Crippen molar-refractivity contribution in [3.63, 3.8) is 0 Å². The van der Waals surface area contributed by atoms with Crippen LogP contribution in [0, 0.1) is 0 Å². The average molecular weight is 205 g/mol. The van der Waals surface area contributed by atoms with Gasteiger partial charge in [0.25, 0.3) is 0 Å². The van der Waals surface area contributed by atoms with Gasteiger partial charge in [-0.05, 0) is 0 Å². The van der Waals surface area contributed by atoms with Crippen molar-refractivity contribution in [2.75, 3.05) is 7.11 Å². The van der Waals surface area contributed by atoms with Gasteiger partial charge < -0.3 is 9.14 Å². The molecule has 6 heteroatoms. The second-order valence-corrected chi connectivity index (χ2v) is 2.78. The minimum Gasteiger partial charge on any atom is -0.464 e. The van der Waals surface area contributed by atoms with Gasteiger partial charge in [0.2, 0.25) is 0 Å². The highest BCUT2D eigenvalue weighted by atomic mass is 16.5. The Kier molecular flexibility index (Phi) is 2.17. The molecular formula is C9H7N3O3. The van der Waals surface area contributed by atoms with Gasteiger partial charge in [-0.2, -0.15) is 0 Å². The third-order valence-electron chi connectivity index (χ3n) is 1.89. The molecule has 0 saturated carbocycles. The first-order valence-corrected chi connectivity index (χ1v) is 4.13. The monoisotopic (exact) mass is 205 g/mol. The minimum absolute atomic E-state index is 0.0344. The van der Waals surface area contributed by atoms with E-state index in [-0.39, 0.29) is 11.4 Å². The smallest absolute Gasteiger partial charge is 0.360 e. The molecule has 0 aliphatic carbocycles. The predicted octanol–water partition coefficient (Wildman–Crippen LogP) is 0.328. The van der Waals surface area contributed by atoms with Gasteiger partial charge in [-0.25, -0.2) is 14.8 Å². The van der Waals surface area contributed by atoms with Gasteiger partial charge in [0.15, 0.2) is 17.6 Å². The molecule has 0 unspecified atom stereocenters. The maximum Gasteiger partial charge on any atom is 0.360 e. The van der Waals surface area contributed by atoms with Crippen LogP contribution in [0.4, 0.5) is 0 Å². The number of hydrogen-bond acceptors (Lipinski definition) is 5. The normalized spacial score (nSPS) is 10.2. The average Bonchev–Trinajstić information content (AvgIpc) is 2.74. The first-order chi connectivity index (χ1) is 7.26. The Bertz CT molecular complexity index is 532. The molecule has 0 N–H and O–H groups in total. The molecule has 2 heterocycles. The van der Waals surface area contributed by atoms with Crippen LogP contribution >= 0.6 is 0 Å². The van der Waals surface area contributed by atoms with Gasteiger partial charge in [-0.1, -0.05) is 0 Å². The zero-order valence-electron chi connectivity index (χ0n) is 7.88. The molecule has 2 aromatic heterocycles. The largest absolute Gasteiger partial charge is 0.464 e. The predicted molar refractivity (Wildman–Crippen MR) is 49.7 cm³/mol. The lowest BCUT2D eigenvalue weighted by atomic mass is 10.4. The van der Waals surface area contributed by atoms with Gasteiger partial charge in [0, 0.05) is 18.6 Å². The highest BCUT2D eigenvalue weighted by Gasteiger charge is 2.15. The van der Waals surface area contributed by atoms with E-state index in [0.29, 0.717) is 11.9 Å². The fourth-order valence-corrected chi connectivity index (χ4v) is 1.24. The topological polar surface area (TPSA) is 73.6 Å². The summed E-state index contributed by atoms with van der Waals surface area (Å²) in [4.78, 5) is 29.7. The van der Waals surface area contributed by atoms with Crippen molar-refractivity contribution < 1.29 is 14.3 Å². The molecule has 0 aliphatic heterocycles. The summed E-state index contributed by atoms with van der Waals surface area (Å²) >= 11 is 0. The quantitative estimate of drug-likeness (QED) is 0.521. The van der Waals surface area contributed by atoms with Crippen molar-refractivity contribution in [2.45, 2.75) is 0 Å². The van der Waals surface area contributed by atoms with Gasteiger partial charge >= 0.3 is 5.97 Å². The summed E-state index contributed by atoms with van der Waals surface area (Å²) in [5, 5.41) is 0. The van der Waals surface area contributed by atoms with E-state index in [2.05, 4.69) is 14.7 Å². The fraction of sp³-hybridized carbons (Fsp3) is 0.111. The van der Waals surface area contributed by atoms with E-state index < -0.39 is 5.97 Å². The van der Waals surface area contributed by atoms with Crippen molar-refractivity contribution in [3.05, 3.63) is 30.0 Å².